The molecule has 1 fully saturated rings. The van der Waals surface area contributed by atoms with Crippen LogP contribution in [0.3, 0.4) is 0 Å². The quantitative estimate of drug-likeness (QED) is 0.324. The smallest absolute Gasteiger partial charge is 0.334 e. The third kappa shape index (κ3) is 3.55. The number of aldehydes is 1. The first-order valence-electron chi connectivity index (χ1n) is 5.80. The van der Waals surface area contributed by atoms with Crippen molar-refractivity contribution >= 4 is 12.3 Å². The van der Waals surface area contributed by atoms with Gasteiger partial charge in [-0.1, -0.05) is 36.5 Å². The van der Waals surface area contributed by atoms with Gasteiger partial charge in [0.1, 0.15) is 12.4 Å². The van der Waals surface area contributed by atoms with Crippen LogP contribution in [0.5, 0.6) is 0 Å². The number of cyclic esters (lactones) is 1. The Bertz CT molecular complexity index is 441. The van der Waals surface area contributed by atoms with Crippen molar-refractivity contribution in [2.24, 2.45) is 5.92 Å². The number of rotatable bonds is 5. The van der Waals surface area contributed by atoms with Gasteiger partial charge in [-0.15, -0.1) is 0 Å². The molecule has 0 spiro atoms. The minimum absolute atomic E-state index is 0.149. The van der Waals surface area contributed by atoms with E-state index in [0.29, 0.717) is 12.0 Å². The number of ether oxygens (including phenoxy) is 1. The predicted molar refractivity (Wildman–Crippen MR) is 70.9 cm³/mol. The number of hydrogen-bond acceptors (Lipinski definition) is 3. The zero-order valence-electron chi connectivity index (χ0n) is 10.8. The summed E-state index contributed by atoms with van der Waals surface area (Å²) in [5.74, 6) is -0.514. The van der Waals surface area contributed by atoms with Gasteiger partial charge >= 0.3 is 5.97 Å². The van der Waals surface area contributed by atoms with Gasteiger partial charge in [-0.3, -0.25) is 4.79 Å². The van der Waals surface area contributed by atoms with Crippen molar-refractivity contribution in [3.05, 3.63) is 48.1 Å². The van der Waals surface area contributed by atoms with E-state index < -0.39 is 0 Å². The molecule has 18 heavy (non-hydrogen) atoms. The highest BCUT2D eigenvalue weighted by atomic mass is 16.6. The summed E-state index contributed by atoms with van der Waals surface area (Å²) in [6.45, 7) is 11.2. The molecule has 0 N–H and O–H groups in total. The van der Waals surface area contributed by atoms with Gasteiger partial charge < -0.3 is 4.74 Å². The zero-order chi connectivity index (χ0) is 13.7. The van der Waals surface area contributed by atoms with E-state index in [0.717, 1.165) is 17.4 Å². The van der Waals surface area contributed by atoms with Crippen LogP contribution >= 0.6 is 0 Å². The fraction of sp³-hybridized carbons (Fsp3) is 0.333. The first-order valence-corrected chi connectivity index (χ1v) is 5.80. The molecule has 2 atom stereocenters. The van der Waals surface area contributed by atoms with Crippen LogP contribution in [-0.4, -0.2) is 18.4 Å². The van der Waals surface area contributed by atoms with Crippen LogP contribution in [0.15, 0.2) is 48.1 Å². The Morgan fingerprint density at radius 1 is 1.44 bits per heavy atom. The monoisotopic (exact) mass is 246 g/mol. The first-order chi connectivity index (χ1) is 8.45. The standard InChI is InChI=1S/C15H18O3/c1-10(2)5-6-13-12(4)15(17)18-14(13)9-11(3)7-8-16/h5-8,13-14H,1,4,9H2,2-3H3/b6-5+,11-7-/t13-,14-/m0/s1. The van der Waals surface area contributed by atoms with Crippen molar-refractivity contribution in [3.8, 4) is 0 Å². The SMILES string of the molecule is C=C(C)/C=C/[C@H]1C(=C)C(=O)O[C@H]1C/C(C)=C\C=O. The maximum Gasteiger partial charge on any atom is 0.334 e. The first kappa shape index (κ1) is 14.2. The summed E-state index contributed by atoms with van der Waals surface area (Å²) in [7, 11) is 0. The molecule has 0 aromatic rings. The highest BCUT2D eigenvalue weighted by Gasteiger charge is 2.36. The second kappa shape index (κ2) is 6.15. The Kier molecular flexibility index (Phi) is 4.84. The molecule has 0 amide bonds. The molecule has 1 saturated heterocycles. The second-order valence-electron chi connectivity index (χ2n) is 4.55. The summed E-state index contributed by atoms with van der Waals surface area (Å²) in [6.07, 6.45) is 6.21. The van der Waals surface area contributed by atoms with Crippen molar-refractivity contribution in [3.63, 3.8) is 0 Å². The molecule has 0 aliphatic carbocycles. The molecule has 0 unspecified atom stereocenters. The number of carbonyl (C=O) groups is 2. The van der Waals surface area contributed by atoms with E-state index in [2.05, 4.69) is 13.2 Å². The van der Waals surface area contributed by atoms with Crippen LogP contribution in [0.1, 0.15) is 20.3 Å². The van der Waals surface area contributed by atoms with Crippen LogP contribution in [-0.2, 0) is 14.3 Å². The van der Waals surface area contributed by atoms with Crippen LogP contribution in [0.2, 0.25) is 0 Å². The average molecular weight is 246 g/mol. The van der Waals surface area contributed by atoms with E-state index in [9.17, 15) is 9.59 Å². The van der Waals surface area contributed by atoms with Gasteiger partial charge in [0.15, 0.2) is 0 Å². The number of carbonyl (C=O) groups excluding carboxylic acids is 2. The second-order valence-corrected chi connectivity index (χ2v) is 4.55. The van der Waals surface area contributed by atoms with Gasteiger partial charge in [0.25, 0.3) is 0 Å². The number of allylic oxidation sites excluding steroid dienone is 3. The third-order valence-corrected chi connectivity index (χ3v) is 2.79. The van der Waals surface area contributed by atoms with Crippen molar-refractivity contribution in [2.75, 3.05) is 0 Å². The summed E-state index contributed by atoms with van der Waals surface area (Å²) in [5, 5.41) is 0. The lowest BCUT2D eigenvalue weighted by atomic mass is 9.92. The van der Waals surface area contributed by atoms with Gasteiger partial charge in [-0.2, -0.15) is 0 Å². The van der Waals surface area contributed by atoms with Crippen molar-refractivity contribution in [1.29, 1.82) is 0 Å². The van der Waals surface area contributed by atoms with Crippen LogP contribution in [0.4, 0.5) is 0 Å². The molecule has 1 rings (SSSR count). The predicted octanol–water partition coefficient (Wildman–Crippen LogP) is 2.75. The minimum Gasteiger partial charge on any atom is -0.458 e. The van der Waals surface area contributed by atoms with Gasteiger partial charge in [0.2, 0.25) is 0 Å². The van der Waals surface area contributed by atoms with Gasteiger partial charge in [-0.05, 0) is 19.9 Å². The molecule has 1 heterocycles. The summed E-state index contributed by atoms with van der Waals surface area (Å²) < 4.78 is 5.26. The molecule has 0 saturated carbocycles. The van der Waals surface area contributed by atoms with Gasteiger partial charge in [0, 0.05) is 17.9 Å². The summed E-state index contributed by atoms with van der Waals surface area (Å²) >= 11 is 0. The Morgan fingerprint density at radius 3 is 2.67 bits per heavy atom. The number of hydrogen-bond donors (Lipinski definition) is 0. The Hall–Kier alpha value is -1.90. The van der Waals surface area contributed by atoms with E-state index in [4.69, 9.17) is 4.74 Å². The highest BCUT2D eigenvalue weighted by molar-refractivity contribution is 5.91. The molecule has 0 aromatic carbocycles. The van der Waals surface area contributed by atoms with E-state index >= 15 is 0 Å². The third-order valence-electron chi connectivity index (χ3n) is 2.79. The lowest BCUT2D eigenvalue weighted by Gasteiger charge is -2.14. The van der Waals surface area contributed by atoms with Gasteiger partial charge in [0.05, 0.1) is 0 Å². The Labute approximate surface area is 108 Å². The van der Waals surface area contributed by atoms with E-state index in [-0.39, 0.29) is 18.0 Å². The van der Waals surface area contributed by atoms with E-state index in [1.165, 1.54) is 6.08 Å². The maximum absolute atomic E-state index is 11.5. The molecule has 1 aliphatic heterocycles. The van der Waals surface area contributed by atoms with Crippen LogP contribution in [0.25, 0.3) is 0 Å². The molecular formula is C15H18O3. The van der Waals surface area contributed by atoms with Crippen molar-refractivity contribution < 1.29 is 14.3 Å². The molecular weight excluding hydrogens is 228 g/mol. The molecule has 96 valence electrons. The molecule has 0 radical (unpaired) electrons. The van der Waals surface area contributed by atoms with Crippen molar-refractivity contribution in [1.82, 2.24) is 0 Å². The van der Waals surface area contributed by atoms with Crippen LogP contribution in [0, 0.1) is 5.92 Å². The van der Waals surface area contributed by atoms with Crippen molar-refractivity contribution in [2.45, 2.75) is 26.4 Å². The zero-order valence-corrected chi connectivity index (χ0v) is 10.8. The largest absolute Gasteiger partial charge is 0.458 e. The normalized spacial score (nSPS) is 24.4. The van der Waals surface area contributed by atoms with E-state index in [1.54, 1.807) is 0 Å². The molecule has 3 heteroatoms. The average Bonchev–Trinajstić information content (AvgIpc) is 2.52. The molecule has 0 aromatic heterocycles. The minimum atomic E-state index is -0.365. The van der Waals surface area contributed by atoms with Gasteiger partial charge in [-0.25, -0.2) is 4.79 Å². The molecule has 3 nitrogen and oxygen atoms in total. The molecule has 0 bridgehead atoms. The van der Waals surface area contributed by atoms with Crippen LogP contribution < -0.4 is 0 Å². The fourth-order valence-corrected chi connectivity index (χ4v) is 1.83. The topological polar surface area (TPSA) is 43.4 Å². The summed E-state index contributed by atoms with van der Waals surface area (Å²) in [6, 6.07) is 0. The lowest BCUT2D eigenvalue weighted by Crippen LogP contribution is -2.15. The molecule has 1 aliphatic rings. The Morgan fingerprint density at radius 2 is 2.11 bits per heavy atom. The number of esters is 1. The maximum atomic E-state index is 11.5. The summed E-state index contributed by atoms with van der Waals surface area (Å²) in [5.41, 5.74) is 2.24. The lowest BCUT2D eigenvalue weighted by molar-refractivity contribution is -0.138. The highest BCUT2D eigenvalue weighted by Crippen LogP contribution is 2.31. The van der Waals surface area contributed by atoms with E-state index in [1.807, 2.05) is 26.0 Å². The fourth-order valence-electron chi connectivity index (χ4n) is 1.83. The summed E-state index contributed by atoms with van der Waals surface area (Å²) in [4.78, 5) is 21.9. The Balaban J connectivity index is 2.85.